The lowest BCUT2D eigenvalue weighted by Crippen LogP contribution is -2.31. The molecular formula is C28H25NO7S2. The van der Waals surface area contributed by atoms with Crippen LogP contribution in [-0.4, -0.2) is 55.9 Å². The summed E-state index contributed by atoms with van der Waals surface area (Å²) >= 11 is 2.57. The minimum Gasteiger partial charge on any atom is -0.491 e. The van der Waals surface area contributed by atoms with Crippen LogP contribution in [0.15, 0.2) is 105 Å². The van der Waals surface area contributed by atoms with E-state index in [1.165, 1.54) is 28.4 Å². The second-order valence-electron chi connectivity index (χ2n) is 7.84. The first-order valence-corrected chi connectivity index (χ1v) is 13.4. The van der Waals surface area contributed by atoms with E-state index < -0.39 is 5.97 Å². The van der Waals surface area contributed by atoms with Gasteiger partial charge in [0.15, 0.2) is 0 Å². The van der Waals surface area contributed by atoms with E-state index in [1.807, 2.05) is 60.7 Å². The van der Waals surface area contributed by atoms with Crippen molar-refractivity contribution in [2.45, 2.75) is 9.79 Å². The Kier molecular flexibility index (Phi) is 9.99. The van der Waals surface area contributed by atoms with Crippen molar-refractivity contribution in [3.63, 3.8) is 0 Å². The highest BCUT2D eigenvalue weighted by Gasteiger charge is 2.40. The van der Waals surface area contributed by atoms with Crippen molar-refractivity contribution in [2.75, 3.05) is 37.9 Å². The number of carbonyl (C=O) groups is 3. The smallest absolute Gasteiger partial charge is 0.329 e. The molecule has 0 unspecified atom stereocenters. The second-order valence-corrected chi connectivity index (χ2v) is 10.0. The predicted molar refractivity (Wildman–Crippen MR) is 145 cm³/mol. The number of carboxylic acids is 1. The normalized spacial score (nSPS) is 13.3. The van der Waals surface area contributed by atoms with Crippen LogP contribution in [-0.2, 0) is 23.9 Å². The Labute approximate surface area is 228 Å². The molecule has 10 heteroatoms. The molecule has 0 saturated heterocycles. The van der Waals surface area contributed by atoms with Crippen LogP contribution in [0.25, 0.3) is 0 Å². The summed E-state index contributed by atoms with van der Waals surface area (Å²) in [6.07, 6.45) is 0. The van der Waals surface area contributed by atoms with Gasteiger partial charge in [0.2, 0.25) is 0 Å². The van der Waals surface area contributed by atoms with Crippen molar-refractivity contribution in [3.05, 3.63) is 94.7 Å². The van der Waals surface area contributed by atoms with Crippen LogP contribution in [0, 0.1) is 0 Å². The van der Waals surface area contributed by atoms with Crippen molar-refractivity contribution >= 4 is 47.0 Å². The van der Waals surface area contributed by atoms with E-state index in [0.717, 1.165) is 9.79 Å². The molecule has 1 N–H and O–H groups in total. The van der Waals surface area contributed by atoms with E-state index in [0.29, 0.717) is 27.9 Å². The summed E-state index contributed by atoms with van der Waals surface area (Å²) in [6.45, 7) is 0.654. The Balaban J connectivity index is 1.39. The lowest BCUT2D eigenvalue weighted by Gasteiger charge is -2.16. The highest BCUT2D eigenvalue weighted by molar-refractivity contribution is 8.08. The molecule has 38 heavy (non-hydrogen) atoms. The standard InChI is InChI=1S/C28H25NO7S2/c30-24(31)19-35-16-15-34-17-18-36-21-13-11-20(12-14-21)29-27(32)25(37-22-7-3-1-4-8-22)26(28(29)33)38-23-9-5-2-6-10-23/h1-14H,15-19H2,(H,30,31). The van der Waals surface area contributed by atoms with Gasteiger partial charge >= 0.3 is 5.97 Å². The van der Waals surface area contributed by atoms with Crippen molar-refractivity contribution in [1.82, 2.24) is 0 Å². The van der Waals surface area contributed by atoms with Crippen molar-refractivity contribution < 1.29 is 33.7 Å². The lowest BCUT2D eigenvalue weighted by atomic mass is 10.3. The average Bonchev–Trinajstić information content (AvgIpc) is 3.15. The van der Waals surface area contributed by atoms with Gasteiger partial charge in [-0.2, -0.15) is 0 Å². The van der Waals surface area contributed by atoms with Gasteiger partial charge in [0, 0.05) is 9.79 Å². The van der Waals surface area contributed by atoms with Crippen LogP contribution >= 0.6 is 23.5 Å². The maximum absolute atomic E-state index is 13.5. The number of nitrogens with zero attached hydrogens (tertiary/aromatic N) is 1. The Bertz CT molecular complexity index is 1220. The minimum absolute atomic E-state index is 0.183. The van der Waals surface area contributed by atoms with Crippen LogP contribution in [0.5, 0.6) is 5.75 Å². The van der Waals surface area contributed by atoms with Crippen LogP contribution < -0.4 is 9.64 Å². The number of hydrogen-bond acceptors (Lipinski definition) is 8. The van der Waals surface area contributed by atoms with E-state index in [-0.39, 0.29) is 38.2 Å². The van der Waals surface area contributed by atoms with Gasteiger partial charge in [0.25, 0.3) is 11.8 Å². The topological polar surface area (TPSA) is 102 Å². The summed E-state index contributed by atoms with van der Waals surface area (Å²) in [5.41, 5.74) is 0.453. The zero-order chi connectivity index (χ0) is 26.7. The van der Waals surface area contributed by atoms with E-state index in [2.05, 4.69) is 0 Å². The summed E-state index contributed by atoms with van der Waals surface area (Å²) < 4.78 is 15.9. The molecule has 2 amide bonds. The second kappa shape index (κ2) is 13.8. The number of anilines is 1. The monoisotopic (exact) mass is 551 g/mol. The number of benzene rings is 3. The highest BCUT2D eigenvalue weighted by Crippen LogP contribution is 2.43. The van der Waals surface area contributed by atoms with Crippen LogP contribution in [0.4, 0.5) is 5.69 Å². The molecule has 3 aromatic carbocycles. The Hall–Kier alpha value is -3.57. The van der Waals surface area contributed by atoms with E-state index in [1.54, 1.807) is 24.3 Å². The van der Waals surface area contributed by atoms with Gasteiger partial charge in [-0.3, -0.25) is 9.59 Å². The maximum Gasteiger partial charge on any atom is 0.329 e. The fraction of sp³-hybridized carbons (Fsp3) is 0.179. The van der Waals surface area contributed by atoms with Gasteiger partial charge in [0.05, 0.1) is 35.3 Å². The van der Waals surface area contributed by atoms with Gasteiger partial charge in [-0.25, -0.2) is 9.69 Å². The van der Waals surface area contributed by atoms with Gasteiger partial charge in [-0.05, 0) is 48.5 Å². The molecule has 0 saturated carbocycles. The molecule has 0 bridgehead atoms. The maximum atomic E-state index is 13.5. The van der Waals surface area contributed by atoms with Crippen LogP contribution in [0.2, 0.25) is 0 Å². The SMILES string of the molecule is O=C(O)COCCOCCOc1ccc(N2C(=O)C(Sc3ccccc3)=C(Sc3ccccc3)C2=O)cc1. The number of carboxylic acid groups (broad SMARTS) is 1. The molecule has 0 spiro atoms. The molecule has 0 aromatic heterocycles. The van der Waals surface area contributed by atoms with Crippen molar-refractivity contribution in [3.8, 4) is 5.75 Å². The first kappa shape index (κ1) is 27.5. The Morgan fingerprint density at radius 3 is 1.71 bits per heavy atom. The predicted octanol–water partition coefficient (Wildman–Crippen LogP) is 4.85. The number of rotatable bonds is 14. The molecule has 0 radical (unpaired) electrons. The Morgan fingerprint density at radius 1 is 0.684 bits per heavy atom. The molecule has 0 aliphatic carbocycles. The lowest BCUT2D eigenvalue weighted by molar-refractivity contribution is -0.142. The van der Waals surface area contributed by atoms with E-state index in [4.69, 9.17) is 19.3 Å². The largest absolute Gasteiger partial charge is 0.491 e. The first-order valence-electron chi connectivity index (χ1n) is 11.7. The third-order valence-electron chi connectivity index (χ3n) is 5.12. The number of carbonyl (C=O) groups excluding carboxylic acids is 2. The number of thioether (sulfide) groups is 2. The molecular weight excluding hydrogens is 526 g/mol. The molecule has 0 fully saturated rings. The number of imide groups is 1. The highest BCUT2D eigenvalue weighted by atomic mass is 32.2. The van der Waals surface area contributed by atoms with E-state index >= 15 is 0 Å². The summed E-state index contributed by atoms with van der Waals surface area (Å²) in [4.78, 5) is 41.1. The molecule has 196 valence electrons. The molecule has 1 aliphatic rings. The fourth-order valence-electron chi connectivity index (χ4n) is 3.41. The summed E-state index contributed by atoms with van der Waals surface area (Å²) in [6, 6.07) is 25.7. The molecule has 3 aromatic rings. The zero-order valence-corrected chi connectivity index (χ0v) is 21.9. The number of hydrogen-bond donors (Lipinski definition) is 1. The Morgan fingerprint density at radius 2 is 1.18 bits per heavy atom. The van der Waals surface area contributed by atoms with Gasteiger partial charge in [-0.15, -0.1) is 0 Å². The van der Waals surface area contributed by atoms with Crippen molar-refractivity contribution in [1.29, 1.82) is 0 Å². The summed E-state index contributed by atoms with van der Waals surface area (Å²) in [5, 5.41) is 8.51. The third-order valence-corrected chi connectivity index (χ3v) is 7.43. The summed E-state index contributed by atoms with van der Waals surface area (Å²) in [7, 11) is 0. The third kappa shape index (κ3) is 7.48. The quantitative estimate of drug-likeness (QED) is 0.222. The van der Waals surface area contributed by atoms with Crippen LogP contribution in [0.3, 0.4) is 0 Å². The number of ether oxygens (including phenoxy) is 3. The number of amides is 2. The minimum atomic E-state index is -1.03. The fourth-order valence-corrected chi connectivity index (χ4v) is 5.43. The number of aliphatic carboxylic acids is 1. The summed E-state index contributed by atoms with van der Waals surface area (Å²) in [5.74, 6) is -1.20. The van der Waals surface area contributed by atoms with Gasteiger partial charge in [-0.1, -0.05) is 59.9 Å². The van der Waals surface area contributed by atoms with Gasteiger partial charge < -0.3 is 19.3 Å². The first-order chi connectivity index (χ1) is 18.5. The van der Waals surface area contributed by atoms with Crippen molar-refractivity contribution in [2.24, 2.45) is 0 Å². The average molecular weight is 552 g/mol. The molecule has 8 nitrogen and oxygen atoms in total. The van der Waals surface area contributed by atoms with E-state index in [9.17, 15) is 14.4 Å². The molecule has 1 heterocycles. The molecule has 4 rings (SSSR count). The zero-order valence-electron chi connectivity index (χ0n) is 20.3. The molecule has 0 atom stereocenters. The van der Waals surface area contributed by atoms with Gasteiger partial charge in [0.1, 0.15) is 19.0 Å². The molecule has 1 aliphatic heterocycles. The van der Waals surface area contributed by atoms with Crippen LogP contribution in [0.1, 0.15) is 0 Å².